The van der Waals surface area contributed by atoms with E-state index >= 15 is 0 Å². The number of benzene rings is 1. The third-order valence-electron chi connectivity index (χ3n) is 6.75. The van der Waals surface area contributed by atoms with Crippen molar-refractivity contribution in [3.8, 4) is 23.0 Å². The van der Waals surface area contributed by atoms with Crippen LogP contribution in [0.15, 0.2) is 40.8 Å². The van der Waals surface area contributed by atoms with Crippen LogP contribution in [0.1, 0.15) is 85.9 Å². The second-order valence-corrected chi connectivity index (χ2v) is 11.8. The normalized spacial score (nSPS) is 13.6. The Morgan fingerprint density at radius 2 is 1.85 bits per heavy atom. The number of esters is 1. The lowest BCUT2D eigenvalue weighted by molar-refractivity contribution is -0.0515. The first-order valence-corrected chi connectivity index (χ1v) is 14.8. The van der Waals surface area contributed by atoms with Gasteiger partial charge in [0.25, 0.3) is 5.91 Å². The molecule has 0 radical (unpaired) electrons. The lowest BCUT2D eigenvalue weighted by atomic mass is 10.2. The number of ether oxygens (including phenoxy) is 4. The van der Waals surface area contributed by atoms with E-state index in [1.807, 2.05) is 6.92 Å². The number of oxazole rings is 1. The first-order chi connectivity index (χ1) is 21.7. The smallest absolute Gasteiger partial charge is 0.408 e. The van der Waals surface area contributed by atoms with E-state index in [2.05, 4.69) is 20.0 Å². The Morgan fingerprint density at radius 3 is 2.50 bits per heavy atom. The fourth-order valence-corrected chi connectivity index (χ4v) is 4.11. The van der Waals surface area contributed by atoms with Gasteiger partial charge in [0.15, 0.2) is 23.0 Å². The average molecular weight is 645 g/mol. The molecule has 0 spiro atoms. The molecule has 1 atom stereocenters. The SMILES string of the molecule is CCN(C)C(=O)c1cccc(COC(=O)c2nc(-c3ccc(OC(F)F)c(OCC4CC4)c3)oc2[C@H](C)NC(=O)OC(C)(C)C)n1. The van der Waals surface area contributed by atoms with Crippen molar-refractivity contribution in [3.05, 3.63) is 59.2 Å². The quantitative estimate of drug-likeness (QED) is 0.215. The number of pyridine rings is 1. The highest BCUT2D eigenvalue weighted by Gasteiger charge is 2.30. The predicted molar refractivity (Wildman–Crippen MR) is 161 cm³/mol. The Morgan fingerprint density at radius 1 is 1.11 bits per heavy atom. The zero-order chi connectivity index (χ0) is 33.6. The second-order valence-electron chi connectivity index (χ2n) is 11.8. The van der Waals surface area contributed by atoms with Crippen molar-refractivity contribution in [1.82, 2.24) is 20.2 Å². The zero-order valence-corrected chi connectivity index (χ0v) is 26.6. The van der Waals surface area contributed by atoms with Gasteiger partial charge in [-0.15, -0.1) is 0 Å². The van der Waals surface area contributed by atoms with Gasteiger partial charge in [0.2, 0.25) is 5.89 Å². The minimum absolute atomic E-state index is 0.0410. The van der Waals surface area contributed by atoms with Gasteiger partial charge in [-0.1, -0.05) is 6.07 Å². The van der Waals surface area contributed by atoms with Gasteiger partial charge >= 0.3 is 18.7 Å². The Balaban J connectivity index is 1.62. The van der Waals surface area contributed by atoms with Crippen molar-refractivity contribution in [2.75, 3.05) is 20.2 Å². The first kappa shape index (κ1) is 34.1. The monoisotopic (exact) mass is 644 g/mol. The van der Waals surface area contributed by atoms with Crippen molar-refractivity contribution in [2.45, 2.75) is 72.3 Å². The Hall–Kier alpha value is -4.75. The predicted octanol–water partition coefficient (Wildman–Crippen LogP) is 6.16. The number of nitrogens with one attached hydrogen (secondary N) is 1. The van der Waals surface area contributed by atoms with Gasteiger partial charge in [0, 0.05) is 19.2 Å². The molecule has 0 saturated heterocycles. The number of nitrogens with zero attached hydrogens (tertiary/aromatic N) is 3. The van der Waals surface area contributed by atoms with Crippen LogP contribution in [0, 0.1) is 5.92 Å². The number of carbonyl (C=O) groups is 3. The summed E-state index contributed by atoms with van der Waals surface area (Å²) in [4.78, 5) is 48.6. The summed E-state index contributed by atoms with van der Waals surface area (Å²) in [5.74, 6) is -1.06. The molecule has 1 aliphatic carbocycles. The fraction of sp³-hybridized carbons (Fsp3) is 0.469. The van der Waals surface area contributed by atoms with Gasteiger partial charge in [0.1, 0.15) is 17.9 Å². The largest absolute Gasteiger partial charge is 0.489 e. The van der Waals surface area contributed by atoms with E-state index in [0.717, 1.165) is 12.8 Å². The number of alkyl halides is 2. The summed E-state index contributed by atoms with van der Waals surface area (Å²) in [6, 6.07) is 8.03. The molecular weight excluding hydrogens is 606 g/mol. The number of hydrogen-bond acceptors (Lipinski definition) is 10. The van der Waals surface area contributed by atoms with E-state index in [1.165, 1.54) is 23.1 Å². The molecule has 248 valence electrons. The number of aromatic nitrogens is 2. The summed E-state index contributed by atoms with van der Waals surface area (Å²) in [5.41, 5.74) is -0.223. The van der Waals surface area contributed by atoms with Crippen LogP contribution >= 0.6 is 0 Å². The summed E-state index contributed by atoms with van der Waals surface area (Å²) in [6.45, 7) is 5.96. The molecule has 46 heavy (non-hydrogen) atoms. The molecule has 14 heteroatoms. The van der Waals surface area contributed by atoms with Gasteiger partial charge in [-0.25, -0.2) is 19.6 Å². The van der Waals surface area contributed by atoms with Crippen LogP contribution < -0.4 is 14.8 Å². The summed E-state index contributed by atoms with van der Waals surface area (Å²) in [7, 11) is 1.65. The molecule has 1 N–H and O–H groups in total. The van der Waals surface area contributed by atoms with Crippen molar-refractivity contribution < 1.29 is 46.5 Å². The third-order valence-corrected chi connectivity index (χ3v) is 6.75. The Labute approximate surface area is 265 Å². The third kappa shape index (κ3) is 9.38. The van der Waals surface area contributed by atoms with Crippen LogP contribution in [-0.2, 0) is 16.1 Å². The highest BCUT2D eigenvalue weighted by molar-refractivity contribution is 5.92. The standard InChI is InChI=1S/C32H38F2N4O8/c1-7-38(6)28(39)22-10-8-9-21(36-22)17-43-29(40)25-26(18(2)35-31(41)46-32(3,4)5)45-27(37-25)20-13-14-23(44-30(33)34)24(15-20)42-16-19-11-12-19/h8-10,13-15,18-19,30H,7,11-12,16-17H2,1-6H3,(H,35,41)/t18-/m0/s1. The Bertz CT molecular complexity index is 1550. The van der Waals surface area contributed by atoms with Crippen LogP contribution in [0.25, 0.3) is 11.5 Å². The van der Waals surface area contributed by atoms with E-state index in [0.29, 0.717) is 30.3 Å². The molecule has 1 saturated carbocycles. The topological polar surface area (TPSA) is 142 Å². The molecular formula is C32H38F2N4O8. The number of rotatable bonds is 13. The van der Waals surface area contributed by atoms with Crippen molar-refractivity contribution >= 4 is 18.0 Å². The maximum atomic E-state index is 13.4. The van der Waals surface area contributed by atoms with E-state index in [1.54, 1.807) is 52.9 Å². The maximum absolute atomic E-state index is 13.4. The highest BCUT2D eigenvalue weighted by atomic mass is 19.3. The molecule has 1 fully saturated rings. The molecule has 1 aliphatic rings. The van der Waals surface area contributed by atoms with Gasteiger partial charge in [-0.05, 0) is 83.7 Å². The molecule has 4 rings (SSSR count). The van der Waals surface area contributed by atoms with E-state index in [4.69, 9.17) is 18.6 Å². The van der Waals surface area contributed by atoms with Crippen LogP contribution in [0.4, 0.5) is 13.6 Å². The zero-order valence-electron chi connectivity index (χ0n) is 26.6. The molecule has 1 aromatic carbocycles. The van der Waals surface area contributed by atoms with E-state index < -0.39 is 30.3 Å². The summed E-state index contributed by atoms with van der Waals surface area (Å²) >= 11 is 0. The van der Waals surface area contributed by atoms with Crippen LogP contribution in [0.3, 0.4) is 0 Å². The summed E-state index contributed by atoms with van der Waals surface area (Å²) < 4.78 is 53.3. The number of carbonyl (C=O) groups excluding carboxylic acids is 3. The Kier molecular flexibility index (Phi) is 10.8. The summed E-state index contributed by atoms with van der Waals surface area (Å²) in [5, 5.41) is 2.62. The molecule has 0 unspecified atom stereocenters. The molecule has 0 bridgehead atoms. The van der Waals surface area contributed by atoms with Gasteiger partial charge in [-0.2, -0.15) is 8.78 Å². The number of amides is 2. The van der Waals surface area contributed by atoms with E-state index in [9.17, 15) is 23.2 Å². The number of hydrogen-bond donors (Lipinski definition) is 1. The van der Waals surface area contributed by atoms with Crippen molar-refractivity contribution in [2.24, 2.45) is 5.92 Å². The minimum atomic E-state index is -3.07. The van der Waals surface area contributed by atoms with Crippen molar-refractivity contribution in [3.63, 3.8) is 0 Å². The maximum Gasteiger partial charge on any atom is 0.408 e. The lowest BCUT2D eigenvalue weighted by Crippen LogP contribution is -2.34. The number of halogens is 2. The fourth-order valence-electron chi connectivity index (χ4n) is 4.11. The molecule has 2 aromatic heterocycles. The molecule has 3 aromatic rings. The van der Waals surface area contributed by atoms with Gasteiger partial charge in [0.05, 0.1) is 18.3 Å². The van der Waals surface area contributed by atoms with Gasteiger partial charge < -0.3 is 33.6 Å². The molecule has 2 heterocycles. The van der Waals surface area contributed by atoms with E-state index in [-0.39, 0.29) is 47.1 Å². The van der Waals surface area contributed by atoms with Crippen LogP contribution in [-0.4, -0.2) is 65.2 Å². The molecule has 12 nitrogen and oxygen atoms in total. The highest BCUT2D eigenvalue weighted by Crippen LogP contribution is 2.37. The lowest BCUT2D eigenvalue weighted by Gasteiger charge is -2.21. The van der Waals surface area contributed by atoms with Crippen LogP contribution in [0.5, 0.6) is 11.5 Å². The molecule has 2 amide bonds. The van der Waals surface area contributed by atoms with Gasteiger partial charge in [-0.3, -0.25) is 4.79 Å². The average Bonchev–Trinajstić information content (AvgIpc) is 3.72. The van der Waals surface area contributed by atoms with Crippen LogP contribution in [0.2, 0.25) is 0 Å². The minimum Gasteiger partial charge on any atom is -0.489 e. The summed E-state index contributed by atoms with van der Waals surface area (Å²) in [6.07, 6.45) is 1.20. The first-order valence-electron chi connectivity index (χ1n) is 14.8. The number of alkyl carbamates (subject to hydrolysis) is 1. The molecule has 0 aliphatic heterocycles. The second kappa shape index (κ2) is 14.6. The van der Waals surface area contributed by atoms with Crippen molar-refractivity contribution in [1.29, 1.82) is 0 Å².